The van der Waals surface area contributed by atoms with Crippen LogP contribution in [0.2, 0.25) is 0 Å². The molecular formula is C40H31N9O2. The van der Waals surface area contributed by atoms with Gasteiger partial charge in [-0.25, -0.2) is 24.9 Å². The zero-order chi connectivity index (χ0) is 34.9. The predicted molar refractivity (Wildman–Crippen MR) is 198 cm³/mol. The molecule has 6 aromatic heterocycles. The number of nitrogens with zero attached hydrogens (tertiary/aromatic N) is 9. The van der Waals surface area contributed by atoms with Crippen molar-refractivity contribution in [3.8, 4) is 33.4 Å². The van der Waals surface area contributed by atoms with Crippen LogP contribution in [-0.2, 0) is 13.1 Å². The van der Waals surface area contributed by atoms with Crippen LogP contribution in [0.1, 0.15) is 11.1 Å². The van der Waals surface area contributed by atoms with Gasteiger partial charge in [0, 0.05) is 67.3 Å². The number of hydrogen-bond donors (Lipinski definition) is 0. The summed E-state index contributed by atoms with van der Waals surface area (Å²) in [5.41, 5.74) is 7.80. The van der Waals surface area contributed by atoms with Crippen LogP contribution in [0.3, 0.4) is 0 Å². The average Bonchev–Trinajstić information content (AvgIpc) is 3.17. The Morgan fingerprint density at radius 2 is 1.14 bits per heavy atom. The molecule has 0 aliphatic rings. The lowest BCUT2D eigenvalue weighted by molar-refractivity contribution is 0.747. The summed E-state index contributed by atoms with van der Waals surface area (Å²) in [6, 6.07) is 27.4. The van der Waals surface area contributed by atoms with Crippen LogP contribution in [0.15, 0.2) is 138 Å². The zero-order valence-electron chi connectivity index (χ0n) is 27.9. The molecule has 2 aromatic carbocycles. The summed E-state index contributed by atoms with van der Waals surface area (Å²) in [7, 11) is 3.92. The molecule has 0 fully saturated rings. The van der Waals surface area contributed by atoms with Crippen molar-refractivity contribution in [2.45, 2.75) is 13.1 Å². The van der Waals surface area contributed by atoms with Crippen molar-refractivity contribution >= 4 is 27.9 Å². The molecule has 0 spiro atoms. The maximum Gasteiger partial charge on any atom is 0.263 e. The first-order chi connectivity index (χ1) is 24.9. The Morgan fingerprint density at radius 1 is 0.529 bits per heavy atom. The van der Waals surface area contributed by atoms with Crippen LogP contribution in [0, 0.1) is 0 Å². The van der Waals surface area contributed by atoms with Gasteiger partial charge in [0.1, 0.15) is 18.5 Å². The van der Waals surface area contributed by atoms with Crippen molar-refractivity contribution in [3.63, 3.8) is 0 Å². The quantitative estimate of drug-likeness (QED) is 0.196. The molecule has 8 rings (SSSR count). The van der Waals surface area contributed by atoms with Crippen molar-refractivity contribution in [1.82, 2.24) is 39.0 Å². The first-order valence-electron chi connectivity index (χ1n) is 16.3. The number of fused-ring (bicyclic) bond motifs is 2. The molecule has 248 valence electrons. The molecule has 51 heavy (non-hydrogen) atoms. The van der Waals surface area contributed by atoms with E-state index in [4.69, 9.17) is 0 Å². The second-order valence-electron chi connectivity index (χ2n) is 12.5. The fourth-order valence-corrected chi connectivity index (χ4v) is 6.10. The molecule has 0 amide bonds. The van der Waals surface area contributed by atoms with Gasteiger partial charge < -0.3 is 4.90 Å². The second kappa shape index (κ2) is 13.2. The Hall–Kier alpha value is -6.88. The van der Waals surface area contributed by atoms with E-state index in [1.54, 1.807) is 52.4 Å². The molecule has 0 N–H and O–H groups in total. The summed E-state index contributed by atoms with van der Waals surface area (Å²) in [4.78, 5) is 55.4. The van der Waals surface area contributed by atoms with E-state index >= 15 is 0 Å². The molecule has 11 nitrogen and oxygen atoms in total. The van der Waals surface area contributed by atoms with Crippen molar-refractivity contribution in [2.24, 2.45) is 0 Å². The fourth-order valence-electron chi connectivity index (χ4n) is 6.10. The number of anilines is 1. The Morgan fingerprint density at radius 3 is 1.80 bits per heavy atom. The topological polar surface area (TPSA) is 125 Å². The molecule has 0 atom stereocenters. The number of pyridine rings is 4. The third-order valence-electron chi connectivity index (χ3n) is 8.78. The van der Waals surface area contributed by atoms with E-state index in [1.807, 2.05) is 91.9 Å². The second-order valence-corrected chi connectivity index (χ2v) is 12.5. The SMILES string of the molecule is CN(C)c1ccc(-c2cccc(Cn3cnc4ncc(-c5cncc(-c6cccc(Cn7cnc8ncccc8c7=O)c6)c5)cc4c3=O)c2)cn1. The van der Waals surface area contributed by atoms with Crippen LogP contribution >= 0.6 is 0 Å². The maximum absolute atomic E-state index is 13.8. The molecule has 0 radical (unpaired) electrons. The summed E-state index contributed by atoms with van der Waals surface area (Å²) in [6.07, 6.45) is 11.8. The largest absolute Gasteiger partial charge is 0.363 e. The van der Waals surface area contributed by atoms with E-state index in [1.165, 1.54) is 6.33 Å². The average molecular weight is 670 g/mol. The molecule has 6 heterocycles. The molecular weight excluding hydrogens is 639 g/mol. The number of hydrogen-bond acceptors (Lipinski definition) is 9. The van der Waals surface area contributed by atoms with Crippen LogP contribution < -0.4 is 16.0 Å². The molecule has 8 aromatic rings. The number of aromatic nitrogens is 8. The first-order valence-corrected chi connectivity index (χ1v) is 16.3. The minimum Gasteiger partial charge on any atom is -0.363 e. The van der Waals surface area contributed by atoms with Crippen molar-refractivity contribution in [2.75, 3.05) is 19.0 Å². The van der Waals surface area contributed by atoms with Crippen LogP contribution in [-0.4, -0.2) is 53.1 Å². The molecule has 0 unspecified atom stereocenters. The first kappa shape index (κ1) is 31.4. The van der Waals surface area contributed by atoms with E-state index in [-0.39, 0.29) is 11.1 Å². The minimum atomic E-state index is -0.178. The minimum absolute atomic E-state index is 0.142. The Kier molecular flexibility index (Phi) is 8.13. The van der Waals surface area contributed by atoms with Crippen LogP contribution in [0.4, 0.5) is 5.82 Å². The van der Waals surface area contributed by atoms with Crippen LogP contribution in [0.25, 0.3) is 55.4 Å². The molecule has 0 saturated heterocycles. The highest BCUT2D eigenvalue weighted by atomic mass is 16.1. The van der Waals surface area contributed by atoms with Gasteiger partial charge in [-0.15, -0.1) is 0 Å². The maximum atomic E-state index is 13.8. The van der Waals surface area contributed by atoms with E-state index < -0.39 is 0 Å². The summed E-state index contributed by atoms with van der Waals surface area (Å²) in [5.74, 6) is 0.886. The van der Waals surface area contributed by atoms with Crippen molar-refractivity contribution in [1.29, 1.82) is 0 Å². The highest BCUT2D eigenvalue weighted by molar-refractivity contribution is 5.81. The molecule has 11 heteroatoms. The number of benzene rings is 2. The van der Waals surface area contributed by atoms with Crippen molar-refractivity contribution < 1.29 is 0 Å². The lowest BCUT2D eigenvalue weighted by atomic mass is 10.0. The molecule has 0 aliphatic heterocycles. The monoisotopic (exact) mass is 669 g/mol. The van der Waals surface area contributed by atoms with Gasteiger partial charge in [0.05, 0.1) is 23.9 Å². The van der Waals surface area contributed by atoms with Gasteiger partial charge in [-0.05, 0) is 70.8 Å². The third-order valence-corrected chi connectivity index (χ3v) is 8.78. The summed E-state index contributed by atoms with van der Waals surface area (Å²) >= 11 is 0. The Bertz CT molecular complexity index is 2680. The van der Waals surface area contributed by atoms with Crippen molar-refractivity contribution in [3.05, 3.63) is 160 Å². The standard InChI is InChI=1S/C40H31N9O2/c1-47(2)36-12-11-30(20-43-36)28-8-3-6-26(14-28)23-49-25-46-38-35(40(49)51)17-33(21-44-38)32-16-31(18-41-19-32)29-9-4-7-27(15-29)22-48-24-45-37-34(39(48)50)10-5-13-42-37/h3-21,24-25H,22-23H2,1-2H3. The normalized spacial score (nSPS) is 11.3. The zero-order valence-corrected chi connectivity index (χ0v) is 27.9. The van der Waals surface area contributed by atoms with Gasteiger partial charge in [-0.1, -0.05) is 36.4 Å². The van der Waals surface area contributed by atoms with Gasteiger partial charge in [-0.3, -0.25) is 23.7 Å². The van der Waals surface area contributed by atoms with Gasteiger partial charge in [0.25, 0.3) is 11.1 Å². The molecule has 0 saturated carbocycles. The van der Waals surface area contributed by atoms with Gasteiger partial charge in [-0.2, -0.15) is 0 Å². The smallest absolute Gasteiger partial charge is 0.263 e. The van der Waals surface area contributed by atoms with E-state index in [2.05, 4.69) is 36.0 Å². The van der Waals surface area contributed by atoms with Gasteiger partial charge >= 0.3 is 0 Å². The van der Waals surface area contributed by atoms with Gasteiger partial charge in [0.15, 0.2) is 11.3 Å². The predicted octanol–water partition coefficient (Wildman–Crippen LogP) is 5.85. The number of rotatable bonds is 8. The fraction of sp³-hybridized carbons (Fsp3) is 0.100. The lowest BCUT2D eigenvalue weighted by Gasteiger charge is -2.12. The van der Waals surface area contributed by atoms with E-state index in [0.29, 0.717) is 35.2 Å². The van der Waals surface area contributed by atoms with Gasteiger partial charge in [0.2, 0.25) is 0 Å². The lowest BCUT2D eigenvalue weighted by Crippen LogP contribution is -2.21. The third kappa shape index (κ3) is 6.35. The van der Waals surface area contributed by atoms with E-state index in [0.717, 1.165) is 50.3 Å². The summed E-state index contributed by atoms with van der Waals surface area (Å²) < 4.78 is 3.19. The van der Waals surface area contributed by atoms with E-state index in [9.17, 15) is 9.59 Å². The Labute approximate surface area is 292 Å². The highest BCUT2D eigenvalue weighted by Gasteiger charge is 2.12. The Balaban J connectivity index is 1.06. The molecule has 0 bridgehead atoms. The highest BCUT2D eigenvalue weighted by Crippen LogP contribution is 2.27. The molecule has 0 aliphatic carbocycles. The van der Waals surface area contributed by atoms with Crippen LogP contribution in [0.5, 0.6) is 0 Å². The summed E-state index contributed by atoms with van der Waals surface area (Å²) in [5, 5.41) is 0.902. The summed E-state index contributed by atoms with van der Waals surface area (Å²) in [6.45, 7) is 0.714.